The van der Waals surface area contributed by atoms with Crippen molar-refractivity contribution >= 4 is 47.6 Å². The molecule has 1 aromatic rings. The summed E-state index contributed by atoms with van der Waals surface area (Å²) in [5, 5.41) is 28.3. The minimum absolute atomic E-state index is 0.173. The lowest BCUT2D eigenvalue weighted by Crippen LogP contribution is -2.29. The summed E-state index contributed by atoms with van der Waals surface area (Å²) in [6, 6.07) is 6.37. The average Bonchev–Trinajstić information content (AvgIpc) is 2.87. The second-order valence-electron chi connectivity index (χ2n) is 4.28. The van der Waals surface area contributed by atoms with Gasteiger partial charge in [-0.2, -0.15) is 5.10 Å². The second kappa shape index (κ2) is 7.72. The lowest BCUT2D eigenvalue weighted by Gasteiger charge is -1.98. The molecule has 10 heteroatoms. The van der Waals surface area contributed by atoms with Crippen LogP contribution in [0, 0.1) is 0 Å². The topological polar surface area (TPSA) is 121 Å². The molecule has 1 amide bonds. The maximum absolute atomic E-state index is 11.6. The number of benzene rings is 1. The van der Waals surface area contributed by atoms with Gasteiger partial charge in [0.1, 0.15) is 0 Å². The highest BCUT2D eigenvalue weighted by atomic mass is 32.2. The zero-order chi connectivity index (χ0) is 16.8. The van der Waals surface area contributed by atoms with Crippen LogP contribution in [0.1, 0.15) is 5.56 Å². The largest absolute Gasteiger partial charge is 0.488 e. The molecule has 2 rings (SSSR count). The van der Waals surface area contributed by atoms with E-state index < -0.39 is 19.0 Å². The number of methoxy groups -OCH3 is 1. The van der Waals surface area contributed by atoms with E-state index in [1.807, 2.05) is 0 Å². The molecule has 0 aliphatic carbocycles. The van der Waals surface area contributed by atoms with Gasteiger partial charge in [-0.25, -0.2) is 4.79 Å². The fourth-order valence-electron chi connectivity index (χ4n) is 1.54. The minimum Gasteiger partial charge on any atom is -0.466 e. The van der Waals surface area contributed by atoms with Crippen molar-refractivity contribution in [2.75, 3.05) is 7.11 Å². The number of carbonyl (C=O) groups is 2. The third-order valence-corrected chi connectivity index (χ3v) is 3.59. The van der Waals surface area contributed by atoms with E-state index in [0.29, 0.717) is 11.0 Å². The van der Waals surface area contributed by atoms with Crippen LogP contribution >= 0.6 is 11.8 Å². The number of carbonyl (C=O) groups excluding carboxylic acids is 2. The normalized spacial score (nSPS) is 17.8. The molecule has 23 heavy (non-hydrogen) atoms. The molecular formula is C13H12BN3O5S. The summed E-state index contributed by atoms with van der Waals surface area (Å²) in [6.07, 6.45) is 2.51. The zero-order valence-electron chi connectivity index (χ0n) is 12.0. The maximum atomic E-state index is 11.6. The first-order valence-corrected chi connectivity index (χ1v) is 7.17. The molecule has 0 unspecified atom stereocenters. The Kier molecular flexibility index (Phi) is 5.69. The Morgan fingerprint density at radius 3 is 2.65 bits per heavy atom. The molecular weight excluding hydrogens is 321 g/mol. The third kappa shape index (κ3) is 4.78. The summed E-state index contributed by atoms with van der Waals surface area (Å²) in [5.74, 6) is -1.07. The Balaban J connectivity index is 2.02. The van der Waals surface area contributed by atoms with Gasteiger partial charge >= 0.3 is 13.1 Å². The number of hydrogen-bond acceptors (Lipinski definition) is 8. The number of nitrogens with one attached hydrogen (secondary N) is 1. The molecule has 1 aliphatic heterocycles. The van der Waals surface area contributed by atoms with Crippen LogP contribution in [-0.4, -0.2) is 47.5 Å². The molecule has 0 bridgehead atoms. The quantitative estimate of drug-likeness (QED) is 0.213. The van der Waals surface area contributed by atoms with Crippen LogP contribution in [0.25, 0.3) is 0 Å². The Morgan fingerprint density at radius 1 is 1.35 bits per heavy atom. The standard InChI is InChI=1S/C13H12BN3O5S/c1-22-11(18)6-10-12(19)16-13(23-10)17-15-7-8-2-4-9(5-3-8)14(20)21/h2-7,20-21H,1H3,(H,16,17,19)/b10-6+,15-7?. The summed E-state index contributed by atoms with van der Waals surface area (Å²) in [5.41, 5.74) is 1.06. The average molecular weight is 333 g/mol. The molecule has 1 saturated heterocycles. The fourth-order valence-corrected chi connectivity index (χ4v) is 2.28. The molecule has 3 N–H and O–H groups in total. The van der Waals surface area contributed by atoms with Crippen LogP contribution in [0.15, 0.2) is 45.4 Å². The van der Waals surface area contributed by atoms with Crippen molar-refractivity contribution < 1.29 is 24.4 Å². The number of rotatable bonds is 4. The van der Waals surface area contributed by atoms with Gasteiger partial charge in [-0.05, 0) is 22.8 Å². The molecule has 1 aliphatic rings. The summed E-state index contributed by atoms with van der Waals surface area (Å²) >= 11 is 0.974. The first-order chi connectivity index (χ1) is 11.0. The molecule has 118 valence electrons. The van der Waals surface area contributed by atoms with Crippen molar-refractivity contribution in [3.63, 3.8) is 0 Å². The van der Waals surface area contributed by atoms with E-state index in [1.54, 1.807) is 24.3 Å². The van der Waals surface area contributed by atoms with Gasteiger partial charge in [0.25, 0.3) is 5.91 Å². The van der Waals surface area contributed by atoms with Crippen LogP contribution < -0.4 is 10.8 Å². The molecule has 1 heterocycles. The molecule has 1 aromatic carbocycles. The Morgan fingerprint density at radius 2 is 2.04 bits per heavy atom. The first-order valence-electron chi connectivity index (χ1n) is 6.35. The third-order valence-electron chi connectivity index (χ3n) is 2.69. The number of nitrogens with zero attached hydrogens (tertiary/aromatic N) is 2. The predicted octanol–water partition coefficient (Wildman–Crippen LogP) is -1.02. The van der Waals surface area contributed by atoms with E-state index in [9.17, 15) is 9.59 Å². The first kappa shape index (κ1) is 16.9. The second-order valence-corrected chi connectivity index (χ2v) is 5.31. The molecule has 0 atom stereocenters. The molecule has 0 spiro atoms. The highest BCUT2D eigenvalue weighted by Gasteiger charge is 2.24. The number of thioether (sulfide) groups is 1. The van der Waals surface area contributed by atoms with Gasteiger partial charge in [-0.15, -0.1) is 5.10 Å². The highest BCUT2D eigenvalue weighted by molar-refractivity contribution is 8.18. The molecule has 8 nitrogen and oxygen atoms in total. The van der Waals surface area contributed by atoms with E-state index in [4.69, 9.17) is 10.0 Å². The van der Waals surface area contributed by atoms with Crippen molar-refractivity contribution in [2.24, 2.45) is 10.2 Å². The number of amides is 1. The number of esters is 1. The smallest absolute Gasteiger partial charge is 0.466 e. The van der Waals surface area contributed by atoms with E-state index in [0.717, 1.165) is 17.8 Å². The highest BCUT2D eigenvalue weighted by Crippen LogP contribution is 2.23. The van der Waals surface area contributed by atoms with Crippen molar-refractivity contribution in [3.8, 4) is 0 Å². The maximum Gasteiger partial charge on any atom is 0.488 e. The van der Waals surface area contributed by atoms with Crippen molar-refractivity contribution in [1.29, 1.82) is 0 Å². The van der Waals surface area contributed by atoms with Gasteiger partial charge in [-0.3, -0.25) is 10.1 Å². The monoisotopic (exact) mass is 333 g/mol. The van der Waals surface area contributed by atoms with E-state index >= 15 is 0 Å². The van der Waals surface area contributed by atoms with Crippen LogP contribution in [0.5, 0.6) is 0 Å². The SMILES string of the molecule is COC(=O)/C=C1/S/C(=N\N=Cc2ccc(B(O)O)cc2)NC1=O. The van der Waals surface area contributed by atoms with Crippen LogP contribution in [0.3, 0.4) is 0 Å². The minimum atomic E-state index is -1.52. The van der Waals surface area contributed by atoms with Gasteiger partial charge in [0.15, 0.2) is 5.17 Å². The Hall–Kier alpha value is -2.43. The van der Waals surface area contributed by atoms with E-state index in [1.165, 1.54) is 13.3 Å². The van der Waals surface area contributed by atoms with Gasteiger partial charge in [-0.1, -0.05) is 24.3 Å². The molecule has 0 radical (unpaired) electrons. The lowest BCUT2D eigenvalue weighted by atomic mass is 9.80. The number of amidine groups is 1. The van der Waals surface area contributed by atoms with Crippen LogP contribution in [0.4, 0.5) is 0 Å². The number of ether oxygens (including phenoxy) is 1. The number of hydrogen-bond donors (Lipinski definition) is 3. The summed E-state index contributed by atoms with van der Waals surface area (Å²) in [4.78, 5) is 22.9. The van der Waals surface area contributed by atoms with Gasteiger partial charge in [0, 0.05) is 6.08 Å². The van der Waals surface area contributed by atoms with Gasteiger partial charge in [0.05, 0.1) is 18.2 Å². The Labute approximate surface area is 136 Å². The Bertz CT molecular complexity index is 700. The van der Waals surface area contributed by atoms with Crippen LogP contribution in [0.2, 0.25) is 0 Å². The lowest BCUT2D eigenvalue weighted by molar-refractivity contribution is -0.135. The van der Waals surface area contributed by atoms with Crippen molar-refractivity contribution in [2.45, 2.75) is 0 Å². The van der Waals surface area contributed by atoms with E-state index in [2.05, 4.69) is 20.3 Å². The summed E-state index contributed by atoms with van der Waals surface area (Å²) in [6.45, 7) is 0. The fraction of sp³-hybridized carbons (Fsp3) is 0.0769. The molecule has 1 fully saturated rings. The van der Waals surface area contributed by atoms with Crippen molar-refractivity contribution in [3.05, 3.63) is 40.8 Å². The van der Waals surface area contributed by atoms with Crippen LogP contribution in [-0.2, 0) is 14.3 Å². The zero-order valence-corrected chi connectivity index (χ0v) is 12.8. The van der Waals surface area contributed by atoms with Crippen molar-refractivity contribution in [1.82, 2.24) is 5.32 Å². The molecule has 0 aromatic heterocycles. The van der Waals surface area contributed by atoms with E-state index in [-0.39, 0.29) is 10.1 Å². The predicted molar refractivity (Wildman–Crippen MR) is 87.1 cm³/mol. The van der Waals surface area contributed by atoms with Gasteiger partial charge < -0.3 is 14.8 Å². The summed E-state index contributed by atoms with van der Waals surface area (Å²) in [7, 11) is -0.302. The van der Waals surface area contributed by atoms with Gasteiger partial charge in [0.2, 0.25) is 0 Å². The summed E-state index contributed by atoms with van der Waals surface area (Å²) < 4.78 is 4.45. The molecule has 0 saturated carbocycles.